The molecule has 0 unspecified atom stereocenters. The van der Waals surface area contributed by atoms with Gasteiger partial charge in [-0.2, -0.15) is 0 Å². The molecule has 1 aromatic rings. The van der Waals surface area contributed by atoms with E-state index in [-0.39, 0.29) is 30.8 Å². The first-order valence-corrected chi connectivity index (χ1v) is 31.1. The van der Waals surface area contributed by atoms with Crippen molar-refractivity contribution in [2.24, 2.45) is 41.2 Å². The van der Waals surface area contributed by atoms with Gasteiger partial charge in [0.1, 0.15) is 35.8 Å². The highest BCUT2D eigenvalue weighted by atomic mass is 16.6. The van der Waals surface area contributed by atoms with Crippen molar-refractivity contribution in [1.82, 2.24) is 40.0 Å². The smallest absolute Gasteiger partial charge is 0.308 e. The molecule has 1 aromatic carbocycles. The standard InChI is InChI=1S/C65H111N9O12/c1-22-44(10)56(72(20)52(76)38-69(17)63(84)54(42(6)7)68-57(78)49(34-41(4)5)70(18)60(81)47(66)33-40(2)3)51(75)36-46(39-85-64(11,12)13)59(80)71(19)50(35-45-29-25-23-26-30-45)62(83)73(21)55(43(8)9)58(79)67-48(37-53(77)86-65(14,15)16)61(82)74-31-27-24-28-32-74/h23,25-26,29-30,40-44,46-50,54-56H,22,24,27-28,31-39,66H2,1-21H3,(H,67,79)(H,68,78)/t44-,46-,47-,48-,49-,50-,54-,55-,56-/m0/s1. The molecule has 2 rings (SSSR count). The van der Waals surface area contributed by atoms with Crippen molar-refractivity contribution in [1.29, 1.82) is 0 Å². The summed E-state index contributed by atoms with van der Waals surface area (Å²) >= 11 is 0. The van der Waals surface area contributed by atoms with E-state index in [0.29, 0.717) is 37.9 Å². The molecule has 1 aliphatic rings. The number of ketones is 1. The first-order chi connectivity index (χ1) is 39.7. The summed E-state index contributed by atoms with van der Waals surface area (Å²) in [5.41, 5.74) is 5.34. The van der Waals surface area contributed by atoms with Crippen LogP contribution in [0.5, 0.6) is 0 Å². The van der Waals surface area contributed by atoms with E-state index >= 15 is 9.59 Å². The summed E-state index contributed by atoms with van der Waals surface area (Å²) < 4.78 is 11.8. The third kappa shape index (κ3) is 24.0. The second-order valence-electron chi connectivity index (χ2n) is 27.4. The van der Waals surface area contributed by atoms with Gasteiger partial charge >= 0.3 is 5.97 Å². The molecule has 0 bridgehead atoms. The molecular weight excluding hydrogens is 1100 g/mol. The Labute approximate surface area is 515 Å². The van der Waals surface area contributed by atoms with Gasteiger partial charge in [0.25, 0.3) is 0 Å². The third-order valence-corrected chi connectivity index (χ3v) is 15.8. The van der Waals surface area contributed by atoms with E-state index in [1.807, 2.05) is 80.5 Å². The SMILES string of the molecule is CC[C@H](C)[C@@H](C(=O)C[C@@H](COC(C)(C)C)C(=O)N(C)[C@@H](Cc1ccccc1)C(=O)N(C)[C@H](C(=O)N[C@@H](CC(=O)OC(C)(C)C)C(=O)N1CCCCC1)C(C)C)N(C)C(=O)CN(C)C(=O)[C@@H](NC(=O)[C@H](CC(C)C)N(C)C(=O)[C@@H](N)CC(C)C)C(C)C. The second kappa shape index (κ2) is 34.5. The number of amides is 8. The normalized spacial score (nSPS) is 16.2. The van der Waals surface area contributed by atoms with E-state index in [0.717, 1.165) is 19.3 Å². The Morgan fingerprint density at radius 3 is 1.67 bits per heavy atom. The van der Waals surface area contributed by atoms with Crippen LogP contribution in [0.15, 0.2) is 30.3 Å². The summed E-state index contributed by atoms with van der Waals surface area (Å²) in [7, 11) is 7.40. The average Bonchev–Trinajstić information content (AvgIpc) is 2.57. The maximum atomic E-state index is 15.3. The number of benzene rings is 1. The Balaban J connectivity index is 2.57. The van der Waals surface area contributed by atoms with Gasteiger partial charge in [0.05, 0.1) is 43.2 Å². The molecule has 21 nitrogen and oxygen atoms in total. The fraction of sp³-hybridized carbons (Fsp3) is 0.754. The van der Waals surface area contributed by atoms with Gasteiger partial charge in [-0.1, -0.05) is 106 Å². The van der Waals surface area contributed by atoms with Gasteiger partial charge in [-0.25, -0.2) is 0 Å². The molecule has 1 aliphatic heterocycles. The monoisotopic (exact) mass is 1210 g/mol. The van der Waals surface area contributed by atoms with Crippen LogP contribution in [-0.2, 0) is 63.8 Å². The first-order valence-electron chi connectivity index (χ1n) is 31.1. The van der Waals surface area contributed by atoms with Gasteiger partial charge < -0.3 is 55.2 Å². The van der Waals surface area contributed by atoms with Crippen LogP contribution in [0.3, 0.4) is 0 Å². The fourth-order valence-electron chi connectivity index (χ4n) is 10.8. The van der Waals surface area contributed by atoms with Gasteiger partial charge in [-0.15, -0.1) is 0 Å². The van der Waals surface area contributed by atoms with Crippen molar-refractivity contribution < 1.29 is 57.4 Å². The van der Waals surface area contributed by atoms with Gasteiger partial charge in [0.15, 0.2) is 5.78 Å². The topological polar surface area (TPSA) is 259 Å². The lowest BCUT2D eigenvalue weighted by Crippen LogP contribution is -2.60. The minimum atomic E-state index is -1.28. The van der Waals surface area contributed by atoms with Crippen molar-refractivity contribution >= 4 is 59.0 Å². The summed E-state index contributed by atoms with van der Waals surface area (Å²) in [6.07, 6.45) is 2.87. The number of Topliss-reactive ketones (excluding diaryl/α,β-unsaturated/α-hetero) is 1. The van der Waals surface area contributed by atoms with E-state index < -0.39 is 150 Å². The minimum Gasteiger partial charge on any atom is -0.460 e. The minimum absolute atomic E-state index is 0.00848. The molecule has 0 aromatic heterocycles. The number of likely N-dealkylation sites (tertiary alicyclic amines) is 1. The molecule has 0 saturated carbocycles. The maximum Gasteiger partial charge on any atom is 0.308 e. The lowest BCUT2D eigenvalue weighted by molar-refractivity contribution is -0.158. The molecule has 1 fully saturated rings. The molecule has 9 atom stereocenters. The van der Waals surface area contributed by atoms with Crippen LogP contribution in [-0.4, -0.2) is 203 Å². The van der Waals surface area contributed by atoms with Gasteiger partial charge in [0.2, 0.25) is 47.3 Å². The van der Waals surface area contributed by atoms with Crippen molar-refractivity contribution in [2.45, 2.75) is 222 Å². The van der Waals surface area contributed by atoms with Crippen LogP contribution in [0.1, 0.15) is 168 Å². The van der Waals surface area contributed by atoms with Crippen LogP contribution < -0.4 is 16.4 Å². The third-order valence-electron chi connectivity index (χ3n) is 15.8. The number of rotatable bonds is 32. The Kier molecular flexibility index (Phi) is 30.6. The van der Waals surface area contributed by atoms with Crippen LogP contribution >= 0.6 is 0 Å². The highest BCUT2D eigenvalue weighted by Crippen LogP contribution is 2.26. The molecule has 1 saturated heterocycles. The predicted molar refractivity (Wildman–Crippen MR) is 334 cm³/mol. The summed E-state index contributed by atoms with van der Waals surface area (Å²) in [5, 5.41) is 5.69. The van der Waals surface area contributed by atoms with Gasteiger partial charge in [0, 0.05) is 61.2 Å². The number of likely N-dealkylation sites (N-methyl/N-ethyl adjacent to an activating group) is 5. The molecule has 0 aliphatic carbocycles. The molecule has 4 N–H and O–H groups in total. The zero-order valence-electron chi connectivity index (χ0n) is 56.2. The van der Waals surface area contributed by atoms with E-state index in [9.17, 15) is 38.4 Å². The largest absolute Gasteiger partial charge is 0.460 e. The highest BCUT2D eigenvalue weighted by molar-refractivity contribution is 5.98. The molecule has 21 heteroatoms. The molecule has 1 heterocycles. The fourth-order valence-corrected chi connectivity index (χ4v) is 10.8. The summed E-state index contributed by atoms with van der Waals surface area (Å²) in [4.78, 5) is 152. The zero-order valence-corrected chi connectivity index (χ0v) is 56.2. The predicted octanol–water partition coefficient (Wildman–Crippen LogP) is 5.88. The second-order valence-corrected chi connectivity index (χ2v) is 27.4. The van der Waals surface area contributed by atoms with Crippen LogP contribution in [0, 0.1) is 35.5 Å². The van der Waals surface area contributed by atoms with Crippen molar-refractivity contribution in [3.63, 3.8) is 0 Å². The molecular formula is C65H111N9O12. The Morgan fingerprint density at radius 2 is 1.17 bits per heavy atom. The highest BCUT2D eigenvalue weighted by Gasteiger charge is 2.43. The van der Waals surface area contributed by atoms with Crippen molar-refractivity contribution in [2.75, 3.05) is 61.5 Å². The number of ether oxygens (including phenoxy) is 2. The van der Waals surface area contributed by atoms with Crippen LogP contribution in [0.4, 0.5) is 0 Å². The van der Waals surface area contributed by atoms with E-state index in [2.05, 4.69) is 10.6 Å². The molecule has 0 spiro atoms. The number of piperidine rings is 1. The first kappa shape index (κ1) is 76.1. The van der Waals surface area contributed by atoms with Crippen molar-refractivity contribution in [3.05, 3.63) is 35.9 Å². The van der Waals surface area contributed by atoms with Crippen LogP contribution in [0.25, 0.3) is 0 Å². The molecule has 488 valence electrons. The van der Waals surface area contributed by atoms with E-state index in [4.69, 9.17) is 15.2 Å². The van der Waals surface area contributed by atoms with Crippen molar-refractivity contribution in [3.8, 4) is 0 Å². The summed E-state index contributed by atoms with van der Waals surface area (Å²) in [6, 6.07) is 1.47. The lowest BCUT2D eigenvalue weighted by atomic mass is 9.88. The maximum absolute atomic E-state index is 15.3. The molecule has 86 heavy (non-hydrogen) atoms. The number of nitrogens with two attached hydrogens (primary N) is 1. The number of nitrogens with one attached hydrogen (secondary N) is 2. The number of esters is 1. The number of nitrogens with zero attached hydrogens (tertiary/aromatic N) is 6. The Morgan fingerprint density at radius 1 is 0.616 bits per heavy atom. The summed E-state index contributed by atoms with van der Waals surface area (Å²) in [5.74, 6) is -7.88. The quantitative estimate of drug-likeness (QED) is 0.0714. The molecule has 8 amide bonds. The summed E-state index contributed by atoms with van der Waals surface area (Å²) in [6.45, 7) is 29.3. The number of carbonyl (C=O) groups excluding carboxylic acids is 10. The zero-order chi connectivity index (χ0) is 65.9. The van der Waals surface area contributed by atoms with Gasteiger partial charge in [-0.3, -0.25) is 47.9 Å². The molecule has 0 radical (unpaired) electrons. The number of hydrogen-bond donors (Lipinski definition) is 3. The Bertz CT molecular complexity index is 2410. The lowest BCUT2D eigenvalue weighted by Gasteiger charge is -2.38. The van der Waals surface area contributed by atoms with E-state index in [1.165, 1.54) is 59.7 Å². The number of carbonyl (C=O) groups is 10. The average molecular weight is 1210 g/mol. The van der Waals surface area contributed by atoms with Gasteiger partial charge in [-0.05, 0) is 109 Å². The Hall–Kier alpha value is -5.96. The van der Waals surface area contributed by atoms with Crippen LogP contribution in [0.2, 0.25) is 0 Å². The number of hydrogen-bond acceptors (Lipinski definition) is 13. The van der Waals surface area contributed by atoms with E-state index in [1.54, 1.807) is 65.5 Å².